The van der Waals surface area contributed by atoms with Crippen LogP contribution in [0, 0.1) is 5.41 Å². The van der Waals surface area contributed by atoms with Crippen molar-refractivity contribution in [2.75, 3.05) is 12.8 Å². The molecule has 0 bridgehead atoms. The first-order valence-corrected chi connectivity index (χ1v) is 6.14. The summed E-state index contributed by atoms with van der Waals surface area (Å²) >= 11 is 0. The summed E-state index contributed by atoms with van der Waals surface area (Å²) in [6.07, 6.45) is 2.55. The first-order chi connectivity index (χ1) is 5.63. The molecule has 0 aliphatic rings. The fraction of sp³-hybridized carbons (Fsp3) is 1.00. The Bertz CT molecular complexity index is 241. The Morgan fingerprint density at radius 3 is 2.08 bits per heavy atom. The largest absolute Gasteiger partial charge is 0.299 e. The molecular formula is C8H19NO3S. The quantitative estimate of drug-likeness (QED) is 0.713. The molecule has 0 aliphatic heterocycles. The fourth-order valence-corrected chi connectivity index (χ4v) is 1.37. The highest BCUT2D eigenvalue weighted by Gasteiger charge is 2.15. The van der Waals surface area contributed by atoms with Crippen molar-refractivity contribution in [2.24, 2.45) is 5.41 Å². The molecule has 0 heterocycles. The van der Waals surface area contributed by atoms with E-state index in [0.29, 0.717) is 10.9 Å². The third-order valence-corrected chi connectivity index (χ3v) is 2.61. The van der Waals surface area contributed by atoms with E-state index in [2.05, 4.69) is 20.8 Å². The molecule has 5 heteroatoms. The molecule has 0 aromatic heterocycles. The Labute approximate surface area is 80.6 Å². The van der Waals surface area contributed by atoms with Gasteiger partial charge < -0.3 is 0 Å². The van der Waals surface area contributed by atoms with Crippen molar-refractivity contribution >= 4 is 10.0 Å². The second kappa shape index (κ2) is 4.39. The highest BCUT2D eigenvalue weighted by molar-refractivity contribution is 7.88. The summed E-state index contributed by atoms with van der Waals surface area (Å²) in [6.45, 7) is 6.41. The second-order valence-electron chi connectivity index (χ2n) is 4.47. The lowest BCUT2D eigenvalue weighted by Crippen LogP contribution is -2.27. The lowest BCUT2D eigenvalue weighted by atomic mass is 9.91. The predicted octanol–water partition coefficient (Wildman–Crippen LogP) is 1.46. The zero-order valence-electron chi connectivity index (χ0n) is 8.74. The van der Waals surface area contributed by atoms with Crippen LogP contribution in [-0.2, 0) is 10.0 Å². The average Bonchev–Trinajstić information content (AvgIpc) is 1.82. The minimum Gasteiger partial charge on any atom is -0.299 e. The van der Waals surface area contributed by atoms with Crippen LogP contribution in [0.5, 0.6) is 0 Å². The first kappa shape index (κ1) is 12.9. The standard InChI is InChI=1S/C8H19NO3S/c1-8(2,3)6-5-7-9(10)13(4,11)12/h10H,5-7H2,1-4H3. The van der Waals surface area contributed by atoms with Gasteiger partial charge in [0.05, 0.1) is 6.26 Å². The topological polar surface area (TPSA) is 57.6 Å². The highest BCUT2D eigenvalue weighted by Crippen LogP contribution is 2.20. The van der Waals surface area contributed by atoms with Gasteiger partial charge in [-0.2, -0.15) is 0 Å². The van der Waals surface area contributed by atoms with Crippen LogP contribution in [0.2, 0.25) is 0 Å². The molecule has 0 rings (SSSR count). The Hall–Kier alpha value is -0.130. The summed E-state index contributed by atoms with van der Waals surface area (Å²) in [5.41, 5.74) is 0.179. The zero-order valence-corrected chi connectivity index (χ0v) is 9.56. The molecule has 4 nitrogen and oxygen atoms in total. The van der Waals surface area contributed by atoms with Crippen molar-refractivity contribution in [3.63, 3.8) is 0 Å². The maximum Gasteiger partial charge on any atom is 0.232 e. The molecule has 0 radical (unpaired) electrons. The molecule has 0 aromatic rings. The summed E-state index contributed by atoms with van der Waals surface area (Å²) in [7, 11) is -3.43. The van der Waals surface area contributed by atoms with Gasteiger partial charge in [0, 0.05) is 6.54 Å². The van der Waals surface area contributed by atoms with E-state index in [-0.39, 0.29) is 12.0 Å². The van der Waals surface area contributed by atoms with Gasteiger partial charge in [-0.05, 0) is 18.3 Å². The van der Waals surface area contributed by atoms with Crippen LogP contribution >= 0.6 is 0 Å². The summed E-state index contributed by atoms with van der Waals surface area (Å²) in [4.78, 5) is 0. The van der Waals surface area contributed by atoms with Crippen molar-refractivity contribution < 1.29 is 13.6 Å². The van der Waals surface area contributed by atoms with Crippen molar-refractivity contribution in [1.82, 2.24) is 4.47 Å². The van der Waals surface area contributed by atoms with Gasteiger partial charge in [0.2, 0.25) is 10.0 Å². The summed E-state index contributed by atoms with van der Waals surface area (Å²) in [5.74, 6) is 0. The zero-order chi connectivity index (χ0) is 10.7. The van der Waals surface area contributed by atoms with Gasteiger partial charge in [0.25, 0.3) is 0 Å². The number of sulfonamides is 1. The Kier molecular flexibility index (Phi) is 4.35. The highest BCUT2D eigenvalue weighted by atomic mass is 32.2. The molecule has 0 unspecified atom stereocenters. The van der Waals surface area contributed by atoms with Crippen molar-refractivity contribution in [3.8, 4) is 0 Å². The number of hydroxylamine groups is 1. The van der Waals surface area contributed by atoms with E-state index < -0.39 is 10.0 Å². The predicted molar refractivity (Wildman–Crippen MR) is 52.0 cm³/mol. The molecule has 0 aromatic carbocycles. The Morgan fingerprint density at radius 1 is 1.31 bits per heavy atom. The smallest absolute Gasteiger partial charge is 0.232 e. The van der Waals surface area contributed by atoms with Crippen molar-refractivity contribution in [2.45, 2.75) is 33.6 Å². The normalized spacial score (nSPS) is 13.7. The minimum absolute atomic E-state index is 0.177. The molecule has 0 spiro atoms. The monoisotopic (exact) mass is 209 g/mol. The van der Waals surface area contributed by atoms with Crippen LogP contribution in [-0.4, -0.2) is 30.9 Å². The van der Waals surface area contributed by atoms with Gasteiger partial charge in [-0.25, -0.2) is 8.42 Å². The molecular weight excluding hydrogens is 190 g/mol. The summed E-state index contributed by atoms with van der Waals surface area (Å²) in [6, 6.07) is 0. The van der Waals surface area contributed by atoms with E-state index >= 15 is 0 Å². The number of nitrogens with zero attached hydrogens (tertiary/aromatic N) is 1. The molecule has 1 N–H and O–H groups in total. The number of hydrogen-bond acceptors (Lipinski definition) is 3. The van der Waals surface area contributed by atoms with E-state index in [4.69, 9.17) is 5.21 Å². The maximum atomic E-state index is 10.8. The van der Waals surface area contributed by atoms with Crippen LogP contribution in [0.3, 0.4) is 0 Å². The van der Waals surface area contributed by atoms with Gasteiger partial charge in [-0.3, -0.25) is 5.21 Å². The SMILES string of the molecule is CC(C)(C)CCCN(O)S(C)(=O)=O. The van der Waals surface area contributed by atoms with Crippen LogP contribution in [0.15, 0.2) is 0 Å². The van der Waals surface area contributed by atoms with Gasteiger partial charge in [-0.1, -0.05) is 25.2 Å². The summed E-state index contributed by atoms with van der Waals surface area (Å²) < 4.78 is 21.9. The van der Waals surface area contributed by atoms with Crippen LogP contribution in [0.1, 0.15) is 33.6 Å². The number of hydrogen-bond donors (Lipinski definition) is 1. The minimum atomic E-state index is -3.43. The van der Waals surface area contributed by atoms with Crippen LogP contribution in [0.25, 0.3) is 0 Å². The van der Waals surface area contributed by atoms with Crippen molar-refractivity contribution in [1.29, 1.82) is 0 Å². The van der Waals surface area contributed by atoms with Crippen molar-refractivity contribution in [3.05, 3.63) is 0 Å². The third kappa shape index (κ3) is 6.98. The molecule has 0 saturated carbocycles. The average molecular weight is 209 g/mol. The lowest BCUT2D eigenvalue weighted by Gasteiger charge is -2.19. The first-order valence-electron chi connectivity index (χ1n) is 4.29. The Morgan fingerprint density at radius 2 is 1.77 bits per heavy atom. The van der Waals surface area contributed by atoms with Crippen LogP contribution in [0.4, 0.5) is 0 Å². The van der Waals surface area contributed by atoms with E-state index in [9.17, 15) is 8.42 Å². The molecule has 0 atom stereocenters. The second-order valence-corrected chi connectivity index (χ2v) is 6.36. The van der Waals surface area contributed by atoms with E-state index in [1.807, 2.05) is 0 Å². The summed E-state index contributed by atoms with van der Waals surface area (Å²) in [5, 5.41) is 9.03. The van der Waals surface area contributed by atoms with E-state index in [1.165, 1.54) is 0 Å². The fourth-order valence-electron chi connectivity index (χ4n) is 0.910. The maximum absolute atomic E-state index is 10.8. The number of rotatable bonds is 4. The molecule has 80 valence electrons. The van der Waals surface area contributed by atoms with Gasteiger partial charge >= 0.3 is 0 Å². The van der Waals surface area contributed by atoms with Crippen LogP contribution < -0.4 is 0 Å². The van der Waals surface area contributed by atoms with E-state index in [0.717, 1.165) is 12.7 Å². The molecule has 0 fully saturated rings. The molecule has 0 saturated heterocycles. The van der Waals surface area contributed by atoms with Gasteiger partial charge in [0.15, 0.2) is 0 Å². The lowest BCUT2D eigenvalue weighted by molar-refractivity contribution is 0.00111. The third-order valence-electron chi connectivity index (χ3n) is 1.66. The molecule has 13 heavy (non-hydrogen) atoms. The van der Waals surface area contributed by atoms with E-state index in [1.54, 1.807) is 0 Å². The van der Waals surface area contributed by atoms with Gasteiger partial charge in [0.1, 0.15) is 0 Å². The Balaban J connectivity index is 3.80. The molecule has 0 amide bonds. The van der Waals surface area contributed by atoms with Gasteiger partial charge in [-0.15, -0.1) is 0 Å². The molecule has 0 aliphatic carbocycles.